The standard InChI is InChI=1S/C17H21N7/c1-12-9-16(21-14-3-4-15-13(10-14)11-19-23-15)22-17(20-12)24-7-2-5-18-6-8-24/h3-4,9-11,18H,2,5-8H2,1H3,(H,19,23)(H,20,21,22). The van der Waals surface area contributed by atoms with Crippen molar-refractivity contribution in [3.05, 3.63) is 36.2 Å². The summed E-state index contributed by atoms with van der Waals surface area (Å²) >= 11 is 0. The Balaban J connectivity index is 1.60. The maximum atomic E-state index is 4.71. The van der Waals surface area contributed by atoms with Crippen LogP contribution in [0.1, 0.15) is 12.1 Å². The van der Waals surface area contributed by atoms with Crippen molar-refractivity contribution in [3.8, 4) is 0 Å². The molecule has 7 nitrogen and oxygen atoms in total. The van der Waals surface area contributed by atoms with Gasteiger partial charge in [0.05, 0.1) is 11.7 Å². The van der Waals surface area contributed by atoms with E-state index in [-0.39, 0.29) is 0 Å². The summed E-state index contributed by atoms with van der Waals surface area (Å²) in [6.07, 6.45) is 2.93. The fourth-order valence-electron chi connectivity index (χ4n) is 2.97. The molecule has 1 aliphatic heterocycles. The van der Waals surface area contributed by atoms with E-state index in [1.54, 1.807) is 0 Å². The lowest BCUT2D eigenvalue weighted by molar-refractivity contribution is 0.724. The van der Waals surface area contributed by atoms with Crippen LogP contribution in [0.5, 0.6) is 0 Å². The van der Waals surface area contributed by atoms with Crippen molar-refractivity contribution in [2.24, 2.45) is 0 Å². The third kappa shape index (κ3) is 3.16. The molecule has 7 heteroatoms. The molecule has 1 fully saturated rings. The number of aromatic amines is 1. The molecule has 0 unspecified atom stereocenters. The van der Waals surface area contributed by atoms with Crippen LogP contribution in [0.15, 0.2) is 30.5 Å². The van der Waals surface area contributed by atoms with E-state index in [1.807, 2.05) is 31.3 Å². The SMILES string of the molecule is Cc1cc(Nc2ccc3[nH]ncc3c2)nc(N2CCCNCC2)n1. The summed E-state index contributed by atoms with van der Waals surface area (Å²) in [5.41, 5.74) is 2.98. The van der Waals surface area contributed by atoms with Crippen LogP contribution in [0.3, 0.4) is 0 Å². The van der Waals surface area contributed by atoms with E-state index in [0.29, 0.717) is 0 Å². The van der Waals surface area contributed by atoms with Gasteiger partial charge in [0, 0.05) is 42.5 Å². The second-order valence-corrected chi connectivity index (χ2v) is 6.08. The number of aryl methyl sites for hydroxylation is 1. The number of fused-ring (bicyclic) bond motifs is 1. The molecule has 3 aromatic rings. The molecule has 3 heterocycles. The second-order valence-electron chi connectivity index (χ2n) is 6.08. The van der Waals surface area contributed by atoms with E-state index in [1.165, 1.54) is 0 Å². The largest absolute Gasteiger partial charge is 0.340 e. The van der Waals surface area contributed by atoms with Crippen molar-refractivity contribution in [1.82, 2.24) is 25.5 Å². The van der Waals surface area contributed by atoms with Gasteiger partial charge in [0.1, 0.15) is 5.82 Å². The zero-order valence-corrected chi connectivity index (χ0v) is 13.7. The van der Waals surface area contributed by atoms with E-state index in [4.69, 9.17) is 4.98 Å². The van der Waals surface area contributed by atoms with Gasteiger partial charge in [-0.3, -0.25) is 5.10 Å². The van der Waals surface area contributed by atoms with E-state index < -0.39 is 0 Å². The number of aromatic nitrogens is 4. The number of hydrogen-bond acceptors (Lipinski definition) is 6. The van der Waals surface area contributed by atoms with Crippen molar-refractivity contribution in [1.29, 1.82) is 0 Å². The quantitative estimate of drug-likeness (QED) is 0.685. The van der Waals surface area contributed by atoms with Crippen LogP contribution in [-0.2, 0) is 0 Å². The van der Waals surface area contributed by atoms with Gasteiger partial charge in [-0.25, -0.2) is 4.98 Å². The summed E-state index contributed by atoms with van der Waals surface area (Å²) in [5.74, 6) is 1.61. The molecule has 0 amide bonds. The van der Waals surface area contributed by atoms with Gasteiger partial charge in [-0.15, -0.1) is 0 Å². The first-order valence-corrected chi connectivity index (χ1v) is 8.29. The summed E-state index contributed by atoms with van der Waals surface area (Å²) in [6.45, 7) is 5.95. The lowest BCUT2D eigenvalue weighted by Crippen LogP contribution is -2.29. The van der Waals surface area contributed by atoms with Crippen molar-refractivity contribution >= 4 is 28.4 Å². The lowest BCUT2D eigenvalue weighted by Gasteiger charge is -2.21. The highest BCUT2D eigenvalue weighted by molar-refractivity contribution is 5.82. The Kier molecular flexibility index (Phi) is 4.00. The molecule has 0 aliphatic carbocycles. The summed E-state index contributed by atoms with van der Waals surface area (Å²) in [4.78, 5) is 11.6. The molecule has 0 atom stereocenters. The van der Waals surface area contributed by atoms with Crippen molar-refractivity contribution in [2.45, 2.75) is 13.3 Å². The highest BCUT2D eigenvalue weighted by Crippen LogP contribution is 2.22. The number of H-pyrrole nitrogens is 1. The van der Waals surface area contributed by atoms with Gasteiger partial charge in [-0.1, -0.05) is 0 Å². The monoisotopic (exact) mass is 323 g/mol. The minimum atomic E-state index is 0.797. The van der Waals surface area contributed by atoms with E-state index in [0.717, 1.165) is 66.7 Å². The van der Waals surface area contributed by atoms with Crippen molar-refractivity contribution < 1.29 is 0 Å². The van der Waals surface area contributed by atoms with E-state index >= 15 is 0 Å². The number of rotatable bonds is 3. The average Bonchev–Trinajstić information content (AvgIpc) is 2.86. The Hall–Kier alpha value is -2.67. The van der Waals surface area contributed by atoms with Crippen LogP contribution >= 0.6 is 0 Å². The Morgan fingerprint density at radius 2 is 2.08 bits per heavy atom. The molecular weight excluding hydrogens is 302 g/mol. The Morgan fingerprint density at radius 1 is 1.12 bits per heavy atom. The molecule has 3 N–H and O–H groups in total. The second kappa shape index (κ2) is 6.45. The molecule has 1 aliphatic rings. The number of nitrogens with one attached hydrogen (secondary N) is 3. The molecule has 0 saturated carbocycles. The normalized spacial score (nSPS) is 15.5. The van der Waals surface area contributed by atoms with Crippen LogP contribution in [0, 0.1) is 6.92 Å². The molecule has 124 valence electrons. The predicted octanol–water partition coefficient (Wildman–Crippen LogP) is 2.20. The summed E-state index contributed by atoms with van der Waals surface area (Å²) in [6, 6.07) is 8.07. The first-order chi connectivity index (χ1) is 11.8. The van der Waals surface area contributed by atoms with E-state index in [9.17, 15) is 0 Å². The minimum absolute atomic E-state index is 0.797. The highest BCUT2D eigenvalue weighted by atomic mass is 15.3. The Bertz CT molecular complexity index is 834. The number of anilines is 3. The zero-order chi connectivity index (χ0) is 16.4. The van der Waals surface area contributed by atoms with Gasteiger partial charge in [0.15, 0.2) is 0 Å². The smallest absolute Gasteiger partial charge is 0.227 e. The van der Waals surface area contributed by atoms with Gasteiger partial charge in [-0.2, -0.15) is 10.1 Å². The Labute approximate surface area is 140 Å². The molecule has 4 rings (SSSR count). The first-order valence-electron chi connectivity index (χ1n) is 8.29. The van der Waals surface area contributed by atoms with Gasteiger partial charge >= 0.3 is 0 Å². The predicted molar refractivity (Wildman–Crippen MR) is 95.8 cm³/mol. The van der Waals surface area contributed by atoms with E-state index in [2.05, 4.69) is 36.8 Å². The maximum absolute atomic E-state index is 4.71. The van der Waals surface area contributed by atoms with Crippen molar-refractivity contribution in [2.75, 3.05) is 36.4 Å². The first kappa shape index (κ1) is 14.9. The maximum Gasteiger partial charge on any atom is 0.227 e. The number of nitrogens with zero attached hydrogens (tertiary/aromatic N) is 4. The van der Waals surface area contributed by atoms with Gasteiger partial charge < -0.3 is 15.5 Å². The molecule has 2 aromatic heterocycles. The van der Waals surface area contributed by atoms with Crippen LogP contribution in [-0.4, -0.2) is 46.3 Å². The van der Waals surface area contributed by atoms with Crippen LogP contribution in [0.4, 0.5) is 17.5 Å². The van der Waals surface area contributed by atoms with Crippen LogP contribution < -0.4 is 15.5 Å². The van der Waals surface area contributed by atoms with Crippen LogP contribution in [0.2, 0.25) is 0 Å². The molecular formula is C17H21N7. The summed E-state index contributed by atoms with van der Waals surface area (Å²) in [5, 5.41) is 14.9. The average molecular weight is 323 g/mol. The fourth-order valence-corrected chi connectivity index (χ4v) is 2.97. The molecule has 0 spiro atoms. The topological polar surface area (TPSA) is 81.8 Å². The van der Waals surface area contributed by atoms with Gasteiger partial charge in [0.25, 0.3) is 0 Å². The molecule has 0 radical (unpaired) electrons. The highest BCUT2D eigenvalue weighted by Gasteiger charge is 2.13. The number of benzene rings is 1. The Morgan fingerprint density at radius 3 is 3.04 bits per heavy atom. The third-order valence-electron chi connectivity index (χ3n) is 4.18. The lowest BCUT2D eigenvalue weighted by atomic mass is 10.2. The molecule has 1 saturated heterocycles. The molecule has 1 aromatic carbocycles. The third-order valence-corrected chi connectivity index (χ3v) is 4.18. The summed E-state index contributed by atoms with van der Waals surface area (Å²) in [7, 11) is 0. The van der Waals surface area contributed by atoms with Gasteiger partial charge in [0.2, 0.25) is 5.95 Å². The number of hydrogen-bond donors (Lipinski definition) is 3. The summed E-state index contributed by atoms with van der Waals surface area (Å²) < 4.78 is 0. The minimum Gasteiger partial charge on any atom is -0.340 e. The van der Waals surface area contributed by atoms with Gasteiger partial charge in [-0.05, 0) is 38.1 Å². The van der Waals surface area contributed by atoms with Crippen LogP contribution in [0.25, 0.3) is 10.9 Å². The molecule has 0 bridgehead atoms. The zero-order valence-electron chi connectivity index (χ0n) is 13.7. The molecule has 24 heavy (non-hydrogen) atoms. The fraction of sp³-hybridized carbons (Fsp3) is 0.353. The van der Waals surface area contributed by atoms with Crippen molar-refractivity contribution in [3.63, 3.8) is 0 Å².